The minimum Gasteiger partial charge on any atom is -0.382 e. The predicted octanol–water partition coefficient (Wildman–Crippen LogP) is 3.29. The minimum absolute atomic E-state index is 0.0690. The van der Waals surface area contributed by atoms with Gasteiger partial charge in [-0.05, 0) is 30.3 Å². The second-order valence-corrected chi connectivity index (χ2v) is 7.80. The topological polar surface area (TPSA) is 75.3 Å². The number of amides is 1. The van der Waals surface area contributed by atoms with Crippen LogP contribution in [0.4, 0.5) is 14.5 Å². The van der Waals surface area contributed by atoms with Gasteiger partial charge in [-0.1, -0.05) is 34.1 Å². The van der Waals surface area contributed by atoms with Gasteiger partial charge in [0.25, 0.3) is 5.91 Å². The van der Waals surface area contributed by atoms with Gasteiger partial charge in [0.15, 0.2) is 0 Å². The van der Waals surface area contributed by atoms with E-state index in [0.29, 0.717) is 5.56 Å². The molecule has 0 heterocycles. The molecule has 0 aromatic heterocycles. The molecule has 5 nitrogen and oxygen atoms in total. The van der Waals surface area contributed by atoms with Crippen molar-refractivity contribution in [3.63, 3.8) is 0 Å². The average molecular weight is 433 g/mol. The lowest BCUT2D eigenvalue weighted by molar-refractivity contribution is 0.0955. The van der Waals surface area contributed by atoms with E-state index in [9.17, 15) is 22.0 Å². The van der Waals surface area contributed by atoms with E-state index in [1.54, 1.807) is 24.3 Å². The van der Waals surface area contributed by atoms with E-state index in [1.165, 1.54) is 18.2 Å². The molecule has 0 spiro atoms. The number of carbonyl (C=O) groups is 1. The summed E-state index contributed by atoms with van der Waals surface area (Å²) in [5.41, 5.74) is 0.537. The lowest BCUT2D eigenvalue weighted by atomic mass is 10.2. The Morgan fingerprint density at radius 3 is 2.48 bits per heavy atom. The molecule has 2 aromatic carbocycles. The quantitative estimate of drug-likeness (QED) is 0.658. The summed E-state index contributed by atoms with van der Waals surface area (Å²) in [6, 6.07) is 12.2. The highest BCUT2D eigenvalue weighted by molar-refractivity contribution is 9.10. The molecule has 9 heteroatoms. The van der Waals surface area contributed by atoms with Crippen LogP contribution in [0.2, 0.25) is 0 Å². The van der Waals surface area contributed by atoms with Gasteiger partial charge in [0.1, 0.15) is 0 Å². The highest BCUT2D eigenvalue weighted by atomic mass is 79.9. The summed E-state index contributed by atoms with van der Waals surface area (Å²) in [5, 5.41) is 5.41. The van der Waals surface area contributed by atoms with E-state index in [-0.39, 0.29) is 24.7 Å². The molecule has 25 heavy (non-hydrogen) atoms. The summed E-state index contributed by atoms with van der Waals surface area (Å²) in [6.45, 7) is 0.365. The molecule has 0 radical (unpaired) electrons. The Balaban J connectivity index is 1.96. The number of hydrogen-bond acceptors (Lipinski definition) is 4. The third-order valence-corrected chi connectivity index (χ3v) is 5.17. The van der Waals surface area contributed by atoms with Crippen molar-refractivity contribution in [3.8, 4) is 0 Å². The van der Waals surface area contributed by atoms with E-state index < -0.39 is 20.5 Å². The first-order valence-corrected chi connectivity index (χ1v) is 9.55. The molecule has 0 saturated heterocycles. The van der Waals surface area contributed by atoms with Crippen LogP contribution < -0.4 is 10.6 Å². The molecule has 0 fully saturated rings. The van der Waals surface area contributed by atoms with Crippen molar-refractivity contribution in [2.45, 2.75) is 10.7 Å². The van der Waals surface area contributed by atoms with Crippen molar-refractivity contribution in [1.29, 1.82) is 0 Å². The van der Waals surface area contributed by atoms with E-state index in [2.05, 4.69) is 26.6 Å². The number of benzene rings is 2. The Labute approximate surface area is 152 Å². The molecule has 0 aliphatic heterocycles. The number of carbonyl (C=O) groups excluding carboxylic acids is 1. The Morgan fingerprint density at radius 1 is 1.08 bits per heavy atom. The molecule has 0 saturated carbocycles. The fourth-order valence-corrected chi connectivity index (χ4v) is 3.37. The lowest BCUT2D eigenvalue weighted by Crippen LogP contribution is -2.29. The van der Waals surface area contributed by atoms with Gasteiger partial charge in [0, 0.05) is 23.1 Å². The van der Waals surface area contributed by atoms with Gasteiger partial charge >= 0.3 is 5.76 Å². The SMILES string of the molecule is O=C(NCCNc1ccccc1S(=O)(=O)C(F)F)c1cccc(Br)c1. The number of para-hydroxylation sites is 1. The molecule has 2 rings (SSSR count). The number of nitrogens with one attached hydrogen (secondary N) is 2. The van der Waals surface area contributed by atoms with Crippen molar-refractivity contribution < 1.29 is 22.0 Å². The highest BCUT2D eigenvalue weighted by Gasteiger charge is 2.28. The number of sulfone groups is 1. The lowest BCUT2D eigenvalue weighted by Gasteiger charge is -2.12. The zero-order valence-electron chi connectivity index (χ0n) is 12.9. The molecule has 0 atom stereocenters. The Morgan fingerprint density at radius 2 is 1.80 bits per heavy atom. The van der Waals surface area contributed by atoms with Crippen molar-refractivity contribution in [2.24, 2.45) is 0 Å². The fourth-order valence-electron chi connectivity index (χ4n) is 2.06. The van der Waals surface area contributed by atoms with Gasteiger partial charge in [-0.25, -0.2) is 8.42 Å². The Bertz CT molecular complexity index is 860. The zero-order chi connectivity index (χ0) is 18.4. The number of rotatable bonds is 7. The standard InChI is InChI=1S/C16H15BrF2N2O3S/c17-12-5-3-4-11(10-12)15(22)21-9-8-20-13-6-1-2-7-14(13)25(23,24)16(18)19/h1-7,10,16,20H,8-9H2,(H,21,22). The monoisotopic (exact) mass is 432 g/mol. The van der Waals surface area contributed by atoms with Gasteiger partial charge in [0.05, 0.1) is 10.6 Å². The summed E-state index contributed by atoms with van der Waals surface area (Å²) in [7, 11) is -4.70. The first-order valence-electron chi connectivity index (χ1n) is 7.21. The molecule has 0 aliphatic carbocycles. The first kappa shape index (κ1) is 19.3. The molecule has 0 bridgehead atoms. The summed E-state index contributed by atoms with van der Waals surface area (Å²) < 4.78 is 49.5. The van der Waals surface area contributed by atoms with Crippen molar-refractivity contribution in [1.82, 2.24) is 5.32 Å². The number of hydrogen-bond donors (Lipinski definition) is 2. The maximum Gasteiger partial charge on any atom is 0.341 e. The number of halogens is 3. The normalized spacial score (nSPS) is 11.4. The number of alkyl halides is 2. The van der Waals surface area contributed by atoms with Gasteiger partial charge in [0.2, 0.25) is 9.84 Å². The maximum atomic E-state index is 12.7. The molecular formula is C16H15BrF2N2O3S. The maximum absolute atomic E-state index is 12.7. The Hall–Kier alpha value is -2.00. The van der Waals surface area contributed by atoms with Gasteiger partial charge in [-0.3, -0.25) is 4.79 Å². The molecule has 134 valence electrons. The highest BCUT2D eigenvalue weighted by Crippen LogP contribution is 2.25. The first-order chi connectivity index (χ1) is 11.8. The summed E-state index contributed by atoms with van der Waals surface area (Å²) in [4.78, 5) is 11.5. The van der Waals surface area contributed by atoms with E-state index in [1.807, 2.05) is 0 Å². The second-order valence-electron chi connectivity index (χ2n) is 4.99. The summed E-state index contributed by atoms with van der Waals surface area (Å²) >= 11 is 3.27. The molecular weight excluding hydrogens is 418 g/mol. The molecule has 2 aromatic rings. The van der Waals surface area contributed by atoms with Crippen molar-refractivity contribution in [3.05, 3.63) is 58.6 Å². The summed E-state index contributed by atoms with van der Waals surface area (Å²) in [6.07, 6.45) is 0. The fraction of sp³-hybridized carbons (Fsp3) is 0.188. The smallest absolute Gasteiger partial charge is 0.341 e. The van der Waals surface area contributed by atoms with Crippen LogP contribution in [0.25, 0.3) is 0 Å². The minimum atomic E-state index is -4.70. The van der Waals surface area contributed by atoms with Gasteiger partial charge < -0.3 is 10.6 Å². The van der Waals surface area contributed by atoms with Crippen molar-refractivity contribution >= 4 is 37.4 Å². The largest absolute Gasteiger partial charge is 0.382 e. The Kier molecular flexibility index (Phi) is 6.49. The summed E-state index contributed by atoms with van der Waals surface area (Å²) in [5.74, 6) is -3.79. The number of anilines is 1. The second kappa shape index (κ2) is 8.39. The van der Waals surface area contributed by atoms with Crippen LogP contribution in [0.1, 0.15) is 10.4 Å². The van der Waals surface area contributed by atoms with Crippen LogP contribution in [-0.4, -0.2) is 33.2 Å². The molecule has 0 unspecified atom stereocenters. The average Bonchev–Trinajstić information content (AvgIpc) is 2.58. The van der Waals surface area contributed by atoms with Crippen molar-refractivity contribution in [2.75, 3.05) is 18.4 Å². The van der Waals surface area contributed by atoms with E-state index in [0.717, 1.165) is 10.5 Å². The van der Waals surface area contributed by atoms with Crippen LogP contribution in [0.15, 0.2) is 57.9 Å². The van der Waals surface area contributed by atoms with Crippen LogP contribution in [-0.2, 0) is 9.84 Å². The zero-order valence-corrected chi connectivity index (χ0v) is 15.3. The van der Waals surface area contributed by atoms with Gasteiger partial charge in [-0.2, -0.15) is 8.78 Å². The van der Waals surface area contributed by atoms with Crippen LogP contribution >= 0.6 is 15.9 Å². The van der Waals surface area contributed by atoms with Gasteiger partial charge in [-0.15, -0.1) is 0 Å². The van der Waals surface area contributed by atoms with Crippen LogP contribution in [0.5, 0.6) is 0 Å². The molecule has 1 amide bonds. The van der Waals surface area contributed by atoms with E-state index in [4.69, 9.17) is 0 Å². The van der Waals surface area contributed by atoms with Crippen LogP contribution in [0, 0.1) is 0 Å². The third-order valence-electron chi connectivity index (χ3n) is 3.24. The van der Waals surface area contributed by atoms with E-state index >= 15 is 0 Å². The molecule has 2 N–H and O–H groups in total. The molecule has 0 aliphatic rings. The van der Waals surface area contributed by atoms with Crippen LogP contribution in [0.3, 0.4) is 0 Å². The third kappa shape index (κ3) is 4.99. The predicted molar refractivity (Wildman–Crippen MR) is 94.6 cm³/mol.